The highest BCUT2D eigenvalue weighted by Gasteiger charge is 2.31. The number of nitrogens with one attached hydrogen (secondary N) is 1. The molecule has 3 nitrogen and oxygen atoms in total. The summed E-state index contributed by atoms with van der Waals surface area (Å²) in [7, 11) is 0. The van der Waals surface area contributed by atoms with E-state index in [1.807, 2.05) is 0 Å². The number of aromatic nitrogens is 2. The van der Waals surface area contributed by atoms with Crippen LogP contribution in [0.2, 0.25) is 0 Å². The van der Waals surface area contributed by atoms with Crippen LogP contribution in [0.1, 0.15) is 24.1 Å². The van der Waals surface area contributed by atoms with Crippen LogP contribution in [-0.4, -0.2) is 9.97 Å². The van der Waals surface area contributed by atoms with Gasteiger partial charge < -0.3 is 5.32 Å². The van der Waals surface area contributed by atoms with E-state index in [2.05, 4.69) is 15.3 Å². The van der Waals surface area contributed by atoms with Gasteiger partial charge in [-0.2, -0.15) is 31.9 Å². The summed E-state index contributed by atoms with van der Waals surface area (Å²) in [6.45, 7) is 1.39. The van der Waals surface area contributed by atoms with Crippen molar-refractivity contribution in [2.75, 3.05) is 5.32 Å². The van der Waals surface area contributed by atoms with Crippen molar-refractivity contribution in [3.8, 4) is 0 Å². The lowest BCUT2D eigenvalue weighted by Gasteiger charge is -2.16. The van der Waals surface area contributed by atoms with Crippen LogP contribution in [0.25, 0.3) is 0 Å². The lowest BCUT2D eigenvalue weighted by molar-refractivity contribution is -0.137. The van der Waals surface area contributed by atoms with Crippen LogP contribution in [0.3, 0.4) is 0 Å². The number of rotatable bonds is 3. The summed E-state index contributed by atoms with van der Waals surface area (Å²) >= 11 is 0. The number of hydrogen-bond donors (Lipinski definition) is 1. The van der Waals surface area contributed by atoms with Crippen LogP contribution in [0.4, 0.5) is 32.3 Å². The molecule has 1 aromatic carbocycles. The first-order valence-corrected chi connectivity index (χ1v) is 6.00. The molecular weight excluding hydrogens is 312 g/mol. The fourth-order valence-corrected chi connectivity index (χ4v) is 1.78. The highest BCUT2D eigenvalue weighted by Crippen LogP contribution is 2.31. The van der Waals surface area contributed by atoms with Gasteiger partial charge in [0.05, 0.1) is 11.6 Å². The second-order valence-corrected chi connectivity index (χ2v) is 4.44. The third kappa shape index (κ3) is 3.66. The van der Waals surface area contributed by atoms with Crippen molar-refractivity contribution in [1.29, 1.82) is 0 Å². The molecule has 1 atom stereocenters. The lowest BCUT2D eigenvalue weighted by atomic mass is 10.1. The quantitative estimate of drug-likeness (QED) is 0.683. The zero-order chi connectivity index (χ0) is 16.5. The monoisotopic (exact) mass is 321 g/mol. The van der Waals surface area contributed by atoms with Crippen molar-refractivity contribution in [2.45, 2.75) is 19.1 Å². The van der Waals surface area contributed by atoms with Crippen molar-refractivity contribution in [3.63, 3.8) is 0 Å². The average molecular weight is 321 g/mol. The molecule has 118 valence electrons. The first kappa shape index (κ1) is 16.1. The Balaban J connectivity index is 2.24. The minimum absolute atomic E-state index is 0.124. The van der Waals surface area contributed by atoms with E-state index in [-0.39, 0.29) is 5.56 Å². The van der Waals surface area contributed by atoms with Gasteiger partial charge in [0.1, 0.15) is 5.82 Å². The summed E-state index contributed by atoms with van der Waals surface area (Å²) < 4.78 is 76.9. The standard InChI is InChI=1S/C13H9F6N3/c1-6(20-12-21-10(15)5-11(16)22-12)8-3-2-7(4-9(8)14)13(17,18)19/h2-6H,1H3,(H,20,21,22)/t6-/m0/s1. The molecule has 0 aliphatic heterocycles. The molecule has 0 aliphatic carbocycles. The van der Waals surface area contributed by atoms with E-state index in [1.165, 1.54) is 6.92 Å². The molecule has 1 aromatic heterocycles. The van der Waals surface area contributed by atoms with Crippen LogP contribution in [0.15, 0.2) is 24.3 Å². The molecule has 0 aliphatic rings. The lowest BCUT2D eigenvalue weighted by Crippen LogP contribution is -2.13. The predicted molar refractivity (Wildman–Crippen MR) is 65.4 cm³/mol. The number of hydrogen-bond acceptors (Lipinski definition) is 3. The second kappa shape index (κ2) is 5.82. The molecular formula is C13H9F6N3. The van der Waals surface area contributed by atoms with Crippen LogP contribution in [-0.2, 0) is 6.18 Å². The fourth-order valence-electron chi connectivity index (χ4n) is 1.78. The first-order valence-electron chi connectivity index (χ1n) is 6.00. The van der Waals surface area contributed by atoms with Gasteiger partial charge in [-0.05, 0) is 19.1 Å². The molecule has 0 saturated heterocycles. The summed E-state index contributed by atoms with van der Waals surface area (Å²) in [5, 5.41) is 2.42. The van der Waals surface area contributed by atoms with E-state index < -0.39 is 41.4 Å². The van der Waals surface area contributed by atoms with Gasteiger partial charge in [0.2, 0.25) is 17.8 Å². The Labute approximate surface area is 121 Å². The Morgan fingerprint density at radius 3 is 2.09 bits per heavy atom. The normalized spacial score (nSPS) is 13.0. The second-order valence-electron chi connectivity index (χ2n) is 4.44. The van der Waals surface area contributed by atoms with Crippen LogP contribution in [0, 0.1) is 17.7 Å². The minimum Gasteiger partial charge on any atom is -0.347 e. The largest absolute Gasteiger partial charge is 0.416 e. The number of nitrogens with zero attached hydrogens (tertiary/aromatic N) is 2. The molecule has 2 rings (SSSR count). The van der Waals surface area contributed by atoms with Crippen molar-refractivity contribution in [3.05, 3.63) is 53.1 Å². The summed E-state index contributed by atoms with van der Waals surface area (Å²) in [6.07, 6.45) is -4.66. The van der Waals surface area contributed by atoms with Crippen molar-refractivity contribution in [2.24, 2.45) is 0 Å². The summed E-state index contributed by atoms with van der Waals surface area (Å²) in [4.78, 5) is 6.51. The topological polar surface area (TPSA) is 37.8 Å². The smallest absolute Gasteiger partial charge is 0.347 e. The van der Waals surface area contributed by atoms with E-state index in [0.717, 1.165) is 6.07 Å². The van der Waals surface area contributed by atoms with Gasteiger partial charge in [-0.25, -0.2) is 4.39 Å². The van der Waals surface area contributed by atoms with Gasteiger partial charge >= 0.3 is 6.18 Å². The van der Waals surface area contributed by atoms with Crippen molar-refractivity contribution < 1.29 is 26.3 Å². The Morgan fingerprint density at radius 1 is 1.00 bits per heavy atom. The third-order valence-corrected chi connectivity index (χ3v) is 2.80. The van der Waals surface area contributed by atoms with E-state index in [1.54, 1.807) is 0 Å². The predicted octanol–water partition coefficient (Wildman–Crippen LogP) is 4.09. The average Bonchev–Trinajstić information content (AvgIpc) is 2.35. The Kier molecular flexibility index (Phi) is 4.25. The number of alkyl halides is 3. The summed E-state index contributed by atoms with van der Waals surface area (Å²) in [5.41, 5.74) is -1.25. The molecule has 22 heavy (non-hydrogen) atoms. The molecule has 1 heterocycles. The molecule has 9 heteroatoms. The molecule has 0 unspecified atom stereocenters. The maximum absolute atomic E-state index is 13.8. The molecule has 0 amide bonds. The van der Waals surface area contributed by atoms with Crippen LogP contribution < -0.4 is 5.32 Å². The zero-order valence-electron chi connectivity index (χ0n) is 11.0. The van der Waals surface area contributed by atoms with Gasteiger partial charge in [-0.1, -0.05) is 6.07 Å². The zero-order valence-corrected chi connectivity index (χ0v) is 11.0. The molecule has 0 radical (unpaired) electrons. The summed E-state index contributed by atoms with van der Waals surface area (Å²) in [6, 6.07) is 1.55. The highest BCUT2D eigenvalue weighted by atomic mass is 19.4. The number of halogens is 6. The first-order chi connectivity index (χ1) is 10.2. The van der Waals surface area contributed by atoms with E-state index in [4.69, 9.17) is 0 Å². The third-order valence-electron chi connectivity index (χ3n) is 2.80. The molecule has 0 fully saturated rings. The van der Waals surface area contributed by atoms with Crippen molar-refractivity contribution >= 4 is 5.95 Å². The molecule has 0 spiro atoms. The maximum Gasteiger partial charge on any atom is 0.416 e. The van der Waals surface area contributed by atoms with Crippen LogP contribution in [0.5, 0.6) is 0 Å². The fraction of sp³-hybridized carbons (Fsp3) is 0.231. The van der Waals surface area contributed by atoms with Crippen molar-refractivity contribution in [1.82, 2.24) is 9.97 Å². The maximum atomic E-state index is 13.8. The number of benzene rings is 1. The molecule has 0 saturated carbocycles. The van der Waals surface area contributed by atoms with Gasteiger partial charge in [-0.3, -0.25) is 0 Å². The van der Waals surface area contributed by atoms with E-state index >= 15 is 0 Å². The summed E-state index contributed by atoms with van der Waals surface area (Å²) in [5.74, 6) is -3.80. The minimum atomic E-state index is -4.66. The Morgan fingerprint density at radius 2 is 1.59 bits per heavy atom. The van der Waals surface area contributed by atoms with Gasteiger partial charge in [0, 0.05) is 11.6 Å². The Hall–Kier alpha value is -2.32. The molecule has 1 N–H and O–H groups in total. The van der Waals surface area contributed by atoms with Gasteiger partial charge in [0.25, 0.3) is 0 Å². The molecule has 0 bridgehead atoms. The van der Waals surface area contributed by atoms with Gasteiger partial charge in [-0.15, -0.1) is 0 Å². The number of anilines is 1. The van der Waals surface area contributed by atoms with Crippen LogP contribution >= 0.6 is 0 Å². The SMILES string of the molecule is C[C@H](Nc1nc(F)cc(F)n1)c1ccc(C(F)(F)F)cc1F. The van der Waals surface area contributed by atoms with E-state index in [0.29, 0.717) is 18.2 Å². The van der Waals surface area contributed by atoms with Gasteiger partial charge in [0.15, 0.2) is 0 Å². The van der Waals surface area contributed by atoms with E-state index in [9.17, 15) is 26.3 Å². The molecule has 2 aromatic rings. The Bertz CT molecular complexity index is 666. The highest BCUT2D eigenvalue weighted by molar-refractivity contribution is 5.34.